The molecule has 0 aromatic heterocycles. The number of ketones is 1. The van der Waals surface area contributed by atoms with Crippen LogP contribution in [0.5, 0.6) is 0 Å². The molecular formula is C8H16O6. The summed E-state index contributed by atoms with van der Waals surface area (Å²) in [5.74, 6) is -1.82. The van der Waals surface area contributed by atoms with Gasteiger partial charge in [-0.3, -0.25) is 4.79 Å². The van der Waals surface area contributed by atoms with E-state index in [1.165, 1.54) is 0 Å². The van der Waals surface area contributed by atoms with Crippen LogP contribution < -0.4 is 0 Å². The average molecular weight is 208 g/mol. The Morgan fingerprint density at radius 3 is 1.50 bits per heavy atom. The van der Waals surface area contributed by atoms with Crippen molar-refractivity contribution in [2.45, 2.75) is 0 Å². The molecule has 5 N–H and O–H groups in total. The van der Waals surface area contributed by atoms with Crippen molar-refractivity contribution in [1.82, 2.24) is 0 Å². The number of aliphatic hydroxyl groups excluding tert-OH is 5. The summed E-state index contributed by atoms with van der Waals surface area (Å²) in [6.07, 6.45) is 0. The van der Waals surface area contributed by atoms with Crippen LogP contribution in [-0.2, 0) is 4.79 Å². The first-order chi connectivity index (χ1) is 6.61. The van der Waals surface area contributed by atoms with Crippen molar-refractivity contribution in [2.75, 3.05) is 33.0 Å². The van der Waals surface area contributed by atoms with Crippen LogP contribution in [0.3, 0.4) is 0 Å². The lowest BCUT2D eigenvalue weighted by Crippen LogP contribution is -2.47. The summed E-state index contributed by atoms with van der Waals surface area (Å²) in [7, 11) is 0. The Hall–Kier alpha value is -0.530. The van der Waals surface area contributed by atoms with Gasteiger partial charge in [-0.2, -0.15) is 0 Å². The highest BCUT2D eigenvalue weighted by molar-refractivity contribution is 5.87. The zero-order valence-corrected chi connectivity index (χ0v) is 7.76. The van der Waals surface area contributed by atoms with Crippen LogP contribution in [0.4, 0.5) is 0 Å². The van der Waals surface area contributed by atoms with Crippen LogP contribution in [0.15, 0.2) is 0 Å². The van der Waals surface area contributed by atoms with E-state index in [0.29, 0.717) is 0 Å². The van der Waals surface area contributed by atoms with Gasteiger partial charge in [-0.1, -0.05) is 0 Å². The molecule has 0 saturated heterocycles. The van der Waals surface area contributed by atoms with E-state index in [-0.39, 0.29) is 0 Å². The molecule has 84 valence electrons. The molecule has 0 unspecified atom stereocenters. The molecule has 0 aliphatic carbocycles. The molecule has 0 bridgehead atoms. The summed E-state index contributed by atoms with van der Waals surface area (Å²) in [4.78, 5) is 11.5. The molecule has 0 radical (unpaired) electrons. The molecule has 6 nitrogen and oxygen atoms in total. The van der Waals surface area contributed by atoms with Crippen LogP contribution >= 0.6 is 0 Å². The molecule has 6 heteroatoms. The highest BCUT2D eigenvalue weighted by atomic mass is 16.3. The Morgan fingerprint density at radius 1 is 0.929 bits per heavy atom. The predicted octanol–water partition coefficient (Wildman–Crippen LogP) is -2.88. The first-order valence-electron chi connectivity index (χ1n) is 4.20. The van der Waals surface area contributed by atoms with Crippen molar-refractivity contribution < 1.29 is 30.3 Å². The molecule has 0 aliphatic heterocycles. The maximum Gasteiger partial charge on any atom is 0.153 e. The fourth-order valence-corrected chi connectivity index (χ4v) is 1.04. The van der Waals surface area contributed by atoms with E-state index in [0.717, 1.165) is 0 Å². The Bertz CT molecular complexity index is 164. The maximum absolute atomic E-state index is 11.5. The van der Waals surface area contributed by atoms with Gasteiger partial charge in [0.05, 0.1) is 44.4 Å². The van der Waals surface area contributed by atoms with Gasteiger partial charge in [0.15, 0.2) is 5.78 Å². The number of carbonyl (C=O) groups is 1. The molecule has 14 heavy (non-hydrogen) atoms. The van der Waals surface area contributed by atoms with Gasteiger partial charge in [0.25, 0.3) is 0 Å². The lowest BCUT2D eigenvalue weighted by molar-refractivity contribution is -0.144. The highest BCUT2D eigenvalue weighted by Gasteiger charge is 2.40. The summed E-state index contributed by atoms with van der Waals surface area (Å²) >= 11 is 0. The Balaban J connectivity index is 4.73. The Labute approximate surface area is 81.4 Å². The first kappa shape index (κ1) is 13.5. The van der Waals surface area contributed by atoms with Crippen LogP contribution in [0.25, 0.3) is 0 Å². The van der Waals surface area contributed by atoms with Gasteiger partial charge in [-0.15, -0.1) is 0 Å². The molecule has 0 rings (SSSR count). The molecule has 0 atom stereocenters. The second-order valence-corrected chi connectivity index (χ2v) is 3.18. The number of hydrogen-bond donors (Lipinski definition) is 5. The third-order valence-corrected chi connectivity index (χ3v) is 2.24. The Kier molecular flexibility index (Phi) is 5.82. The standard InChI is InChI=1S/C8H16O6/c9-1-6(2-10)7(14)8(3-11,4-12)5-13/h6,9-13H,1-5H2. The molecule has 0 fully saturated rings. The fraction of sp³-hybridized carbons (Fsp3) is 0.875. The number of aliphatic hydroxyl groups is 5. The fourth-order valence-electron chi connectivity index (χ4n) is 1.04. The lowest BCUT2D eigenvalue weighted by Gasteiger charge is -2.28. The van der Waals surface area contributed by atoms with E-state index >= 15 is 0 Å². The number of carbonyl (C=O) groups excluding carboxylic acids is 1. The SMILES string of the molecule is O=C(C(CO)CO)C(CO)(CO)CO. The van der Waals surface area contributed by atoms with Crippen molar-refractivity contribution in [2.24, 2.45) is 11.3 Å². The molecule has 0 aromatic rings. The minimum atomic E-state index is -1.68. The quantitative estimate of drug-likeness (QED) is 0.307. The van der Waals surface area contributed by atoms with Crippen molar-refractivity contribution in [3.63, 3.8) is 0 Å². The minimum Gasteiger partial charge on any atom is -0.396 e. The monoisotopic (exact) mass is 208 g/mol. The van der Waals surface area contributed by atoms with Crippen LogP contribution in [0.2, 0.25) is 0 Å². The second kappa shape index (κ2) is 6.05. The molecule has 0 aromatic carbocycles. The number of rotatable bonds is 7. The van der Waals surface area contributed by atoms with Crippen LogP contribution in [0, 0.1) is 11.3 Å². The predicted molar refractivity (Wildman–Crippen MR) is 46.4 cm³/mol. The molecule has 0 saturated carbocycles. The van der Waals surface area contributed by atoms with Crippen molar-refractivity contribution >= 4 is 5.78 Å². The normalized spacial score (nSPS) is 12.1. The van der Waals surface area contributed by atoms with E-state index in [4.69, 9.17) is 25.5 Å². The van der Waals surface area contributed by atoms with Crippen LogP contribution in [0.1, 0.15) is 0 Å². The number of Topliss-reactive ketones (excluding diaryl/α,β-unsaturated/α-hetero) is 1. The molecule has 0 spiro atoms. The third-order valence-electron chi connectivity index (χ3n) is 2.24. The van der Waals surface area contributed by atoms with Gasteiger partial charge in [0, 0.05) is 0 Å². The van der Waals surface area contributed by atoms with Gasteiger partial charge in [0.2, 0.25) is 0 Å². The summed E-state index contributed by atoms with van der Waals surface area (Å²) in [6.45, 7) is -3.35. The van der Waals surface area contributed by atoms with Crippen molar-refractivity contribution in [3.05, 3.63) is 0 Å². The number of hydrogen-bond acceptors (Lipinski definition) is 6. The zero-order chi connectivity index (χ0) is 11.2. The van der Waals surface area contributed by atoms with Crippen molar-refractivity contribution in [3.8, 4) is 0 Å². The van der Waals surface area contributed by atoms with Gasteiger partial charge in [0.1, 0.15) is 0 Å². The molecule has 0 heterocycles. The summed E-state index contributed by atoms with van der Waals surface area (Å²) < 4.78 is 0. The molecule has 0 aliphatic rings. The van der Waals surface area contributed by atoms with E-state index in [1.54, 1.807) is 0 Å². The van der Waals surface area contributed by atoms with E-state index in [2.05, 4.69) is 0 Å². The van der Waals surface area contributed by atoms with E-state index in [1.807, 2.05) is 0 Å². The summed E-state index contributed by atoms with van der Waals surface area (Å²) in [5.41, 5.74) is -1.68. The maximum atomic E-state index is 11.5. The molecule has 0 amide bonds. The topological polar surface area (TPSA) is 118 Å². The van der Waals surface area contributed by atoms with Gasteiger partial charge >= 0.3 is 0 Å². The summed E-state index contributed by atoms with van der Waals surface area (Å²) in [5, 5.41) is 44.1. The Morgan fingerprint density at radius 2 is 1.29 bits per heavy atom. The van der Waals surface area contributed by atoms with Crippen molar-refractivity contribution in [1.29, 1.82) is 0 Å². The lowest BCUT2D eigenvalue weighted by atomic mass is 9.80. The highest BCUT2D eigenvalue weighted by Crippen LogP contribution is 2.21. The summed E-state index contributed by atoms with van der Waals surface area (Å²) in [6, 6.07) is 0. The van der Waals surface area contributed by atoms with Crippen LogP contribution in [-0.4, -0.2) is 64.4 Å². The van der Waals surface area contributed by atoms with Gasteiger partial charge < -0.3 is 25.5 Å². The first-order valence-corrected chi connectivity index (χ1v) is 4.20. The van der Waals surface area contributed by atoms with E-state index < -0.39 is 50.2 Å². The zero-order valence-electron chi connectivity index (χ0n) is 7.76. The largest absolute Gasteiger partial charge is 0.396 e. The van der Waals surface area contributed by atoms with E-state index in [9.17, 15) is 4.79 Å². The smallest absolute Gasteiger partial charge is 0.153 e. The average Bonchev–Trinajstić information content (AvgIpc) is 2.23. The van der Waals surface area contributed by atoms with Gasteiger partial charge in [-0.05, 0) is 0 Å². The minimum absolute atomic E-state index is 0.586. The third kappa shape index (κ3) is 2.49. The molecular weight excluding hydrogens is 192 g/mol. The second-order valence-electron chi connectivity index (χ2n) is 3.18. The van der Waals surface area contributed by atoms with Gasteiger partial charge in [-0.25, -0.2) is 0 Å².